The quantitative estimate of drug-likeness (QED) is 0.593. The highest BCUT2D eigenvalue weighted by molar-refractivity contribution is 5.05. The third-order valence-electron chi connectivity index (χ3n) is 3.83. The molecule has 0 aromatic rings. The fourth-order valence-corrected chi connectivity index (χ4v) is 3.12. The Morgan fingerprint density at radius 3 is 2.75 bits per heavy atom. The lowest BCUT2D eigenvalue weighted by Crippen LogP contribution is -2.43. The monoisotopic (exact) mass is 166 g/mol. The van der Waals surface area contributed by atoms with Gasteiger partial charge in [0.1, 0.15) is 0 Å². The predicted molar refractivity (Wildman–Crippen MR) is 49.8 cm³/mol. The molecule has 2 saturated carbocycles. The van der Waals surface area contributed by atoms with Crippen LogP contribution in [0.15, 0.2) is 12.7 Å². The van der Waals surface area contributed by atoms with Crippen LogP contribution in [0.1, 0.15) is 38.5 Å². The highest BCUT2D eigenvalue weighted by Gasteiger charge is 2.47. The number of hydrogen-bond donors (Lipinski definition) is 1. The molecule has 0 aromatic carbocycles. The molecule has 0 heterocycles. The molecule has 0 unspecified atom stereocenters. The lowest BCUT2D eigenvalue weighted by Gasteiger charge is -2.40. The van der Waals surface area contributed by atoms with E-state index in [0.717, 1.165) is 12.8 Å². The van der Waals surface area contributed by atoms with Crippen molar-refractivity contribution in [2.75, 3.05) is 0 Å². The Balaban J connectivity index is 2.20. The summed E-state index contributed by atoms with van der Waals surface area (Å²) in [7, 11) is 0. The van der Waals surface area contributed by atoms with Crippen LogP contribution >= 0.6 is 0 Å². The van der Waals surface area contributed by atoms with Gasteiger partial charge in [0.25, 0.3) is 0 Å². The van der Waals surface area contributed by atoms with E-state index in [0.29, 0.717) is 11.8 Å². The Kier molecular flexibility index (Phi) is 1.99. The Morgan fingerprint density at radius 1 is 1.25 bits per heavy atom. The van der Waals surface area contributed by atoms with Crippen molar-refractivity contribution in [3.8, 4) is 0 Å². The first kappa shape index (κ1) is 8.31. The molecular weight excluding hydrogens is 148 g/mol. The molecule has 2 aliphatic carbocycles. The largest absolute Gasteiger partial charge is 0.389 e. The summed E-state index contributed by atoms with van der Waals surface area (Å²) in [6, 6.07) is 0. The van der Waals surface area contributed by atoms with Crippen LogP contribution in [0.3, 0.4) is 0 Å². The smallest absolute Gasteiger partial charge is 0.0737 e. The van der Waals surface area contributed by atoms with Crippen molar-refractivity contribution >= 4 is 0 Å². The van der Waals surface area contributed by atoms with Crippen LogP contribution in [-0.2, 0) is 0 Å². The molecule has 0 bridgehead atoms. The summed E-state index contributed by atoms with van der Waals surface area (Å²) in [5.74, 6) is 0.952. The lowest BCUT2D eigenvalue weighted by molar-refractivity contribution is -0.0587. The number of hydrogen-bond acceptors (Lipinski definition) is 1. The van der Waals surface area contributed by atoms with Gasteiger partial charge < -0.3 is 5.11 Å². The maximum atomic E-state index is 10.4. The van der Waals surface area contributed by atoms with Crippen LogP contribution in [0.2, 0.25) is 0 Å². The minimum absolute atomic E-state index is 0.361. The first-order valence-electron chi connectivity index (χ1n) is 5.12. The maximum absolute atomic E-state index is 10.4. The van der Waals surface area contributed by atoms with E-state index in [1.807, 2.05) is 6.08 Å². The number of aliphatic hydroxyl groups is 1. The lowest BCUT2D eigenvalue weighted by atomic mass is 9.70. The summed E-state index contributed by atoms with van der Waals surface area (Å²) in [6.45, 7) is 3.83. The molecule has 2 rings (SSSR count). The van der Waals surface area contributed by atoms with Crippen molar-refractivity contribution in [1.29, 1.82) is 0 Å². The van der Waals surface area contributed by atoms with Crippen molar-refractivity contribution in [2.45, 2.75) is 44.1 Å². The van der Waals surface area contributed by atoms with Gasteiger partial charge in [-0.2, -0.15) is 0 Å². The summed E-state index contributed by atoms with van der Waals surface area (Å²) in [5.41, 5.74) is -0.361. The zero-order valence-electron chi connectivity index (χ0n) is 7.63. The first-order chi connectivity index (χ1) is 5.77. The molecule has 2 aliphatic rings. The Labute approximate surface area is 74.5 Å². The molecule has 0 saturated heterocycles. The molecule has 1 N–H and O–H groups in total. The average Bonchev–Trinajstić information content (AvgIpc) is 2.45. The van der Waals surface area contributed by atoms with Crippen molar-refractivity contribution in [2.24, 2.45) is 11.8 Å². The Bertz CT molecular complexity index is 187. The molecule has 0 spiro atoms. The highest BCUT2D eigenvalue weighted by Crippen LogP contribution is 2.48. The van der Waals surface area contributed by atoms with Crippen LogP contribution in [-0.4, -0.2) is 10.7 Å². The topological polar surface area (TPSA) is 20.2 Å². The van der Waals surface area contributed by atoms with E-state index in [1.165, 1.54) is 25.7 Å². The molecule has 0 amide bonds. The number of rotatable bonds is 1. The highest BCUT2D eigenvalue weighted by atomic mass is 16.3. The molecule has 3 atom stereocenters. The van der Waals surface area contributed by atoms with E-state index in [4.69, 9.17) is 0 Å². The fourth-order valence-electron chi connectivity index (χ4n) is 3.12. The minimum Gasteiger partial charge on any atom is -0.389 e. The first-order valence-corrected chi connectivity index (χ1v) is 5.12. The molecule has 0 aromatic heterocycles. The average molecular weight is 166 g/mol. The second-order valence-electron chi connectivity index (χ2n) is 4.35. The van der Waals surface area contributed by atoms with Crippen LogP contribution in [0, 0.1) is 11.8 Å². The van der Waals surface area contributed by atoms with Gasteiger partial charge >= 0.3 is 0 Å². The van der Waals surface area contributed by atoms with E-state index in [-0.39, 0.29) is 5.60 Å². The molecule has 2 fully saturated rings. The van der Waals surface area contributed by atoms with Crippen molar-refractivity contribution in [3.63, 3.8) is 0 Å². The molecule has 1 nitrogen and oxygen atoms in total. The van der Waals surface area contributed by atoms with Gasteiger partial charge in [0.2, 0.25) is 0 Å². The van der Waals surface area contributed by atoms with Gasteiger partial charge in [-0.25, -0.2) is 0 Å². The Morgan fingerprint density at radius 2 is 2.00 bits per heavy atom. The van der Waals surface area contributed by atoms with E-state index in [9.17, 15) is 5.11 Å². The van der Waals surface area contributed by atoms with Crippen LogP contribution < -0.4 is 0 Å². The van der Waals surface area contributed by atoms with E-state index >= 15 is 0 Å². The van der Waals surface area contributed by atoms with Gasteiger partial charge in [-0.1, -0.05) is 18.9 Å². The maximum Gasteiger partial charge on any atom is 0.0737 e. The summed E-state index contributed by atoms with van der Waals surface area (Å²) >= 11 is 0. The fraction of sp³-hybridized carbons (Fsp3) is 0.818. The van der Waals surface area contributed by atoms with Gasteiger partial charge in [0.05, 0.1) is 5.60 Å². The third kappa shape index (κ3) is 1.03. The number of fused-ring (bicyclic) bond motifs is 1. The normalized spacial score (nSPS) is 47.1. The molecule has 0 radical (unpaired) electrons. The van der Waals surface area contributed by atoms with E-state index in [1.54, 1.807) is 0 Å². The van der Waals surface area contributed by atoms with Crippen molar-refractivity contribution in [1.82, 2.24) is 0 Å². The second kappa shape index (κ2) is 2.88. The standard InChI is InChI=1S/C11H18O/c1-2-9-5-3-6-10-7-4-8-11(9,10)12/h2,9-10,12H,1,3-8H2/t9-,10-,11+/m1/s1. The SMILES string of the molecule is C=C[C@@H]1CCC[C@@H]2CCC[C@@]21O. The minimum atomic E-state index is -0.361. The predicted octanol–water partition coefficient (Wildman–Crippen LogP) is 2.50. The van der Waals surface area contributed by atoms with E-state index < -0.39 is 0 Å². The zero-order chi connectivity index (χ0) is 8.60. The molecule has 12 heavy (non-hydrogen) atoms. The van der Waals surface area contributed by atoms with Gasteiger partial charge in [-0.05, 0) is 31.6 Å². The summed E-state index contributed by atoms with van der Waals surface area (Å²) in [4.78, 5) is 0. The van der Waals surface area contributed by atoms with Crippen LogP contribution in [0.4, 0.5) is 0 Å². The van der Waals surface area contributed by atoms with Crippen molar-refractivity contribution in [3.05, 3.63) is 12.7 Å². The Hall–Kier alpha value is -0.300. The summed E-state index contributed by atoms with van der Waals surface area (Å²) in [5, 5.41) is 10.4. The molecule has 0 aliphatic heterocycles. The summed E-state index contributed by atoms with van der Waals surface area (Å²) in [6.07, 6.45) is 9.10. The van der Waals surface area contributed by atoms with E-state index in [2.05, 4.69) is 6.58 Å². The zero-order valence-corrected chi connectivity index (χ0v) is 7.63. The molecule has 68 valence electrons. The van der Waals surface area contributed by atoms with Gasteiger partial charge in [-0.3, -0.25) is 0 Å². The van der Waals surface area contributed by atoms with Crippen molar-refractivity contribution < 1.29 is 5.11 Å². The van der Waals surface area contributed by atoms with Gasteiger partial charge in [0, 0.05) is 5.92 Å². The molecule has 1 heteroatoms. The van der Waals surface area contributed by atoms with Gasteiger partial charge in [-0.15, -0.1) is 6.58 Å². The van der Waals surface area contributed by atoms with Crippen LogP contribution in [0.25, 0.3) is 0 Å². The van der Waals surface area contributed by atoms with Gasteiger partial charge in [0.15, 0.2) is 0 Å². The van der Waals surface area contributed by atoms with Crippen LogP contribution in [0.5, 0.6) is 0 Å². The molecular formula is C11H18O. The second-order valence-corrected chi connectivity index (χ2v) is 4.35. The summed E-state index contributed by atoms with van der Waals surface area (Å²) < 4.78 is 0. The third-order valence-corrected chi connectivity index (χ3v) is 3.83.